The maximum atomic E-state index is 12.8. The van der Waals surface area contributed by atoms with Crippen molar-refractivity contribution in [2.75, 3.05) is 0 Å². The Kier molecular flexibility index (Phi) is 12.3. The van der Waals surface area contributed by atoms with Crippen LogP contribution in [0.5, 0.6) is 5.75 Å². The highest BCUT2D eigenvalue weighted by atomic mass is 16.3. The van der Waals surface area contributed by atoms with Crippen molar-refractivity contribution in [2.45, 2.75) is 130 Å². The van der Waals surface area contributed by atoms with Crippen LogP contribution in [0.15, 0.2) is 158 Å². The lowest BCUT2D eigenvalue weighted by molar-refractivity contribution is 0.446. The molecule has 2 heterocycles. The van der Waals surface area contributed by atoms with E-state index in [0.29, 0.717) is 5.82 Å². The summed E-state index contributed by atoms with van der Waals surface area (Å²) < 4.78 is 2.37. The van der Waals surface area contributed by atoms with E-state index in [1.807, 2.05) is 6.20 Å². The average molecular weight is 946 g/mol. The van der Waals surface area contributed by atoms with E-state index in [-0.39, 0.29) is 27.4 Å². The summed E-state index contributed by atoms with van der Waals surface area (Å²) in [7, 11) is 0. The molecule has 0 fully saturated rings. The molecule has 0 saturated heterocycles. The number of hydrogen-bond donors (Lipinski definition) is 1. The number of phenols is 1. The van der Waals surface area contributed by atoms with Crippen LogP contribution in [0.3, 0.4) is 0 Å². The monoisotopic (exact) mass is 946 g/mol. The summed E-state index contributed by atoms with van der Waals surface area (Å²) in [4.78, 5) is 10.8. The Labute approximate surface area is 428 Å². The zero-order valence-electron chi connectivity index (χ0n) is 44.6. The van der Waals surface area contributed by atoms with Crippen LogP contribution in [0.4, 0.5) is 0 Å². The fourth-order valence-corrected chi connectivity index (χ4v) is 10.4. The Bertz CT molecular complexity index is 3490. The van der Waals surface area contributed by atoms with Crippen LogP contribution in [0.2, 0.25) is 0 Å². The number of hydrogen-bond acceptors (Lipinski definition) is 3. The summed E-state index contributed by atoms with van der Waals surface area (Å²) in [6, 6.07) is 56.3. The minimum atomic E-state index is -0.338. The molecule has 72 heavy (non-hydrogen) atoms. The number of aromatic nitrogens is 3. The second-order valence-corrected chi connectivity index (χ2v) is 24.5. The van der Waals surface area contributed by atoms with E-state index in [4.69, 9.17) is 9.97 Å². The lowest BCUT2D eigenvalue weighted by Gasteiger charge is -2.28. The van der Waals surface area contributed by atoms with Crippen LogP contribution in [0.1, 0.15) is 128 Å². The average Bonchev–Trinajstić information content (AvgIpc) is 3.73. The molecule has 13 rings (SSSR count). The van der Waals surface area contributed by atoms with Gasteiger partial charge in [-0.25, -0.2) is 4.98 Å². The second kappa shape index (κ2) is 18.2. The van der Waals surface area contributed by atoms with E-state index in [0.717, 1.165) is 92.6 Å². The maximum Gasteiger partial charge on any atom is 0.149 e. The van der Waals surface area contributed by atoms with Crippen molar-refractivity contribution >= 4 is 11.0 Å². The summed E-state index contributed by atoms with van der Waals surface area (Å²) >= 11 is 0. The number of nitrogens with zero attached hydrogens (tertiary/aromatic N) is 3. The van der Waals surface area contributed by atoms with Crippen LogP contribution in [0.25, 0.3) is 72.7 Å². The molecule has 4 aliphatic carbocycles. The molecule has 4 heteroatoms. The molecule has 0 amide bonds. The van der Waals surface area contributed by atoms with Gasteiger partial charge in [-0.05, 0) is 157 Å². The molecule has 364 valence electrons. The van der Waals surface area contributed by atoms with Gasteiger partial charge in [0, 0.05) is 28.5 Å². The fourth-order valence-electron chi connectivity index (χ4n) is 10.4. The lowest BCUT2D eigenvalue weighted by atomic mass is 9.79. The third-order valence-corrected chi connectivity index (χ3v) is 15.0. The maximum absolute atomic E-state index is 12.8. The molecule has 9 aromatic rings. The summed E-state index contributed by atoms with van der Waals surface area (Å²) in [5.74, 6) is 0.984. The number of rotatable bonds is 6. The van der Waals surface area contributed by atoms with Gasteiger partial charge in [0.25, 0.3) is 0 Å². The summed E-state index contributed by atoms with van der Waals surface area (Å²) in [6.45, 7) is 27.1. The minimum absolute atomic E-state index is 0.105. The molecular weight excluding hydrogens is 875 g/mol. The molecule has 0 spiro atoms. The number of aromatic hydroxyl groups is 1. The molecule has 0 saturated carbocycles. The SMILES string of the molecule is CC(C)(C)c1cc(-c2cc(-c3ccccc3)ccn2)cc(-c2cccc3c2nc(-c2cc(C(C)(C)C)cc(C(C)(C)C)c2O)n3-c2ccc(C(C)(C)C)cc2-c2cc3ccc2CCc2ccc(cc2)CC3)c1. The molecule has 0 aliphatic heterocycles. The molecule has 0 atom stereocenters. The first-order chi connectivity index (χ1) is 34.1. The van der Waals surface area contributed by atoms with E-state index in [1.165, 1.54) is 44.5 Å². The first-order valence-electron chi connectivity index (χ1n) is 26.0. The van der Waals surface area contributed by atoms with Crippen molar-refractivity contribution in [1.29, 1.82) is 0 Å². The minimum Gasteiger partial charge on any atom is -0.507 e. The first-order valence-corrected chi connectivity index (χ1v) is 26.0. The molecule has 4 aliphatic rings. The Morgan fingerprint density at radius 1 is 0.431 bits per heavy atom. The first kappa shape index (κ1) is 48.6. The summed E-state index contributed by atoms with van der Waals surface area (Å²) in [6.07, 6.45) is 5.73. The van der Waals surface area contributed by atoms with Crippen LogP contribution >= 0.6 is 0 Å². The van der Waals surface area contributed by atoms with Gasteiger partial charge in [-0.2, -0.15) is 0 Å². The number of fused-ring (bicyclic) bond motifs is 1. The molecule has 0 radical (unpaired) electrons. The van der Waals surface area contributed by atoms with E-state index in [1.54, 1.807) is 0 Å². The number of aryl methyl sites for hydroxylation is 4. The third-order valence-electron chi connectivity index (χ3n) is 15.0. The zero-order valence-corrected chi connectivity index (χ0v) is 44.6. The van der Waals surface area contributed by atoms with Crippen molar-refractivity contribution in [3.63, 3.8) is 0 Å². The topological polar surface area (TPSA) is 50.9 Å². The number of phenolic OH excluding ortho intramolecular Hbond substituents is 1. The number of imidazole rings is 1. The number of para-hydroxylation sites is 1. The van der Waals surface area contributed by atoms with E-state index in [9.17, 15) is 5.11 Å². The van der Waals surface area contributed by atoms with E-state index in [2.05, 4.69) is 239 Å². The quantitative estimate of drug-likeness (QED) is 0.181. The van der Waals surface area contributed by atoms with Gasteiger partial charge in [-0.3, -0.25) is 9.55 Å². The van der Waals surface area contributed by atoms with Gasteiger partial charge in [0.05, 0.1) is 28.0 Å². The van der Waals surface area contributed by atoms with Crippen LogP contribution in [-0.2, 0) is 47.3 Å². The van der Waals surface area contributed by atoms with E-state index >= 15 is 0 Å². The predicted molar refractivity (Wildman–Crippen MR) is 304 cm³/mol. The Hall–Kier alpha value is -7.04. The normalized spacial score (nSPS) is 13.4. The fraction of sp³-hybridized carbons (Fsp3) is 0.294. The Morgan fingerprint density at radius 2 is 1.06 bits per heavy atom. The van der Waals surface area contributed by atoms with E-state index < -0.39 is 0 Å². The largest absolute Gasteiger partial charge is 0.507 e. The van der Waals surface area contributed by atoms with Gasteiger partial charge >= 0.3 is 0 Å². The highest BCUT2D eigenvalue weighted by Crippen LogP contribution is 2.47. The van der Waals surface area contributed by atoms with Gasteiger partial charge in [0.2, 0.25) is 0 Å². The Balaban J connectivity index is 1.28. The molecular formula is C68H71N3O. The highest BCUT2D eigenvalue weighted by Gasteiger charge is 2.30. The van der Waals surface area contributed by atoms with Crippen molar-refractivity contribution in [1.82, 2.24) is 14.5 Å². The van der Waals surface area contributed by atoms with Gasteiger partial charge < -0.3 is 5.11 Å². The second-order valence-electron chi connectivity index (χ2n) is 24.5. The lowest BCUT2D eigenvalue weighted by Crippen LogP contribution is -2.17. The van der Waals surface area contributed by atoms with Crippen LogP contribution in [-0.4, -0.2) is 19.6 Å². The smallest absolute Gasteiger partial charge is 0.149 e. The highest BCUT2D eigenvalue weighted by molar-refractivity contribution is 5.98. The van der Waals surface area contributed by atoms with Gasteiger partial charge in [-0.15, -0.1) is 0 Å². The number of pyridine rings is 1. The van der Waals surface area contributed by atoms with Crippen LogP contribution < -0.4 is 0 Å². The molecule has 7 aromatic carbocycles. The predicted octanol–water partition coefficient (Wildman–Crippen LogP) is 17.5. The molecule has 0 unspecified atom stereocenters. The third kappa shape index (κ3) is 9.57. The molecule has 1 N–H and O–H groups in total. The van der Waals surface area contributed by atoms with Gasteiger partial charge in [0.1, 0.15) is 11.6 Å². The van der Waals surface area contributed by atoms with Crippen molar-refractivity contribution < 1.29 is 5.11 Å². The summed E-state index contributed by atoms with van der Waals surface area (Å²) in [5.41, 5.74) is 21.5. The molecule has 4 bridgehead atoms. The zero-order chi connectivity index (χ0) is 50.9. The van der Waals surface area contributed by atoms with Crippen LogP contribution in [0, 0.1) is 0 Å². The number of benzene rings is 7. The molecule has 2 aromatic heterocycles. The Morgan fingerprint density at radius 3 is 1.74 bits per heavy atom. The van der Waals surface area contributed by atoms with Gasteiger partial charge in [-0.1, -0.05) is 186 Å². The standard InChI is InChI=1S/C68H71N3O/c1-65(2,3)51-31-32-60(56(40-51)55-35-45-26-25-43-21-23-44(24-22-43)27-29-47(55)30-28-45)71-61-20-16-19-54(62(61)70-64(71)57-41-53(67(7,8)9)42-58(63(57)72)68(10,11)12)49-36-50(38-52(37-49)66(4,5)6)59-39-48(33-34-69-59)46-17-14-13-15-18-46/h13-24,28,30-42,72H,25-27,29H2,1-12H3. The summed E-state index contributed by atoms with van der Waals surface area (Å²) in [5, 5.41) is 12.8. The van der Waals surface area contributed by atoms with Crippen molar-refractivity contribution in [3.8, 4) is 67.5 Å². The van der Waals surface area contributed by atoms with Gasteiger partial charge in [0.15, 0.2) is 0 Å². The van der Waals surface area contributed by atoms with Crippen molar-refractivity contribution in [3.05, 3.63) is 202 Å². The molecule has 4 nitrogen and oxygen atoms in total. The van der Waals surface area contributed by atoms with Crippen molar-refractivity contribution in [2.24, 2.45) is 0 Å².